The number of phenols is 1. The molecule has 0 aliphatic carbocycles. The third kappa shape index (κ3) is 12.7. The molecule has 0 spiro atoms. The van der Waals surface area contributed by atoms with Gasteiger partial charge in [0.15, 0.2) is 5.75 Å². The Kier molecular flexibility index (Phi) is 16.0. The summed E-state index contributed by atoms with van der Waals surface area (Å²) in [5.41, 5.74) is 3.36. The van der Waals surface area contributed by atoms with E-state index in [9.17, 15) is 29.0 Å². The molecular weight excluding hydrogens is 920 g/mol. The second-order valence-corrected chi connectivity index (χ2v) is 20.6. The van der Waals surface area contributed by atoms with Crippen molar-refractivity contribution >= 4 is 50.5 Å². The van der Waals surface area contributed by atoms with Crippen molar-refractivity contribution in [2.75, 3.05) is 52.6 Å². The fourth-order valence-corrected chi connectivity index (χ4v) is 10.7. The van der Waals surface area contributed by atoms with E-state index in [0.717, 1.165) is 51.2 Å². The molecule has 3 amide bonds. The summed E-state index contributed by atoms with van der Waals surface area (Å²) in [4.78, 5) is 46.3. The van der Waals surface area contributed by atoms with Gasteiger partial charge in [0.05, 0.1) is 30.3 Å². The molecule has 0 radical (unpaired) electrons. The number of ether oxygens (including phenoxy) is 4. The Morgan fingerprint density at radius 1 is 0.884 bits per heavy atom. The molecule has 0 saturated carbocycles. The number of halogens is 1. The maximum atomic E-state index is 14.0. The number of β-amino-alcohol motifs (C(OH)–C–C–N with tert-alkyl or cyclic N) is 1. The van der Waals surface area contributed by atoms with Gasteiger partial charge in [-0.15, -0.1) is 22.7 Å². The standard InChI is InChI=1S/C53H59FN4O9S2/c1-33-20-26-68-48(33)35-7-5-34(6-8-35)29-55-51(62)44-27-39(60)30-58(44)52(63)50(53(2,3)4)56-46(61)32-64-24-25-66-42-19-21-57(31-42)22-23-65-40-14-16-41(17-15-40)67-47-43-18-13-38(59)28-45(43)69-49(47)36-9-11-37(54)12-10-36/h5-18,20,26,28,39,42,44,50,59-60H,19,21-25,27,29-32H2,1-4H3,(H,55,62)(H,56,61)/t39-,42-,44+,50-/m1/s1. The Hall–Kier alpha value is -5.88. The normalized spacial score (nSPS) is 17.8. The first-order valence-corrected chi connectivity index (χ1v) is 24.9. The van der Waals surface area contributed by atoms with Crippen LogP contribution in [0.3, 0.4) is 0 Å². The molecule has 13 nitrogen and oxygen atoms in total. The Balaban J connectivity index is 0.732. The highest BCUT2D eigenvalue weighted by atomic mass is 32.1. The van der Waals surface area contributed by atoms with Gasteiger partial charge in [-0.25, -0.2) is 4.39 Å². The number of aryl methyl sites for hydroxylation is 1. The van der Waals surface area contributed by atoms with Crippen LogP contribution in [-0.2, 0) is 30.4 Å². The van der Waals surface area contributed by atoms with Gasteiger partial charge in [0, 0.05) is 54.1 Å². The van der Waals surface area contributed by atoms with Crippen molar-refractivity contribution in [3.63, 3.8) is 0 Å². The van der Waals surface area contributed by atoms with Gasteiger partial charge in [-0.2, -0.15) is 0 Å². The largest absolute Gasteiger partial charge is 0.508 e. The number of fused-ring (bicyclic) bond motifs is 1. The summed E-state index contributed by atoms with van der Waals surface area (Å²) in [6.45, 7) is 10.9. The van der Waals surface area contributed by atoms with Crippen molar-refractivity contribution in [2.45, 2.75) is 71.4 Å². The molecule has 2 aliphatic rings. The summed E-state index contributed by atoms with van der Waals surface area (Å²) in [6, 6.07) is 27.0. The molecule has 69 heavy (non-hydrogen) atoms. The zero-order chi connectivity index (χ0) is 48.7. The zero-order valence-corrected chi connectivity index (χ0v) is 40.9. The maximum Gasteiger partial charge on any atom is 0.246 e. The highest BCUT2D eigenvalue weighted by Gasteiger charge is 2.44. The van der Waals surface area contributed by atoms with Crippen LogP contribution >= 0.6 is 22.7 Å². The smallest absolute Gasteiger partial charge is 0.246 e. The Labute approximate surface area is 409 Å². The van der Waals surface area contributed by atoms with Gasteiger partial charge >= 0.3 is 0 Å². The predicted octanol–water partition coefficient (Wildman–Crippen LogP) is 8.54. The van der Waals surface area contributed by atoms with Crippen molar-refractivity contribution in [1.29, 1.82) is 0 Å². The van der Waals surface area contributed by atoms with Gasteiger partial charge in [-0.05, 0) is 107 Å². The number of hydrogen-bond donors (Lipinski definition) is 4. The highest BCUT2D eigenvalue weighted by molar-refractivity contribution is 7.22. The summed E-state index contributed by atoms with van der Waals surface area (Å²) >= 11 is 3.15. The molecular formula is C53H59FN4O9S2. The zero-order valence-electron chi connectivity index (χ0n) is 39.2. The lowest BCUT2D eigenvalue weighted by atomic mass is 9.85. The third-order valence-electron chi connectivity index (χ3n) is 12.3. The van der Waals surface area contributed by atoms with Crippen molar-refractivity contribution in [3.8, 4) is 43.9 Å². The van der Waals surface area contributed by atoms with Crippen LogP contribution in [0.25, 0.3) is 31.0 Å². The quantitative estimate of drug-likeness (QED) is 0.0580. The predicted molar refractivity (Wildman–Crippen MR) is 266 cm³/mol. The summed E-state index contributed by atoms with van der Waals surface area (Å²) < 4.78 is 38.7. The average Bonchev–Trinajstić information content (AvgIpc) is 4.14. The first-order valence-electron chi connectivity index (χ1n) is 23.2. The van der Waals surface area contributed by atoms with Gasteiger partial charge in [-0.1, -0.05) is 57.2 Å². The highest BCUT2D eigenvalue weighted by Crippen LogP contribution is 2.47. The molecule has 364 valence electrons. The Bertz CT molecular complexity index is 2700. The molecule has 2 aromatic heterocycles. The number of carbonyl (C=O) groups is 3. The van der Waals surface area contributed by atoms with Crippen LogP contribution in [0.1, 0.15) is 44.7 Å². The number of carbonyl (C=O) groups excluding carboxylic acids is 3. The summed E-state index contributed by atoms with van der Waals surface area (Å²) in [6.07, 6.45) is 0.105. The Morgan fingerprint density at radius 2 is 1.61 bits per heavy atom. The van der Waals surface area contributed by atoms with Gasteiger partial charge in [-0.3, -0.25) is 19.3 Å². The van der Waals surface area contributed by atoms with Crippen LogP contribution in [-0.4, -0.2) is 115 Å². The van der Waals surface area contributed by atoms with Gasteiger partial charge in [0.2, 0.25) is 17.7 Å². The maximum absolute atomic E-state index is 14.0. The van der Waals surface area contributed by atoms with Crippen LogP contribution in [0.15, 0.2) is 102 Å². The molecule has 4 N–H and O–H groups in total. The van der Waals surface area contributed by atoms with Crippen molar-refractivity contribution in [1.82, 2.24) is 20.4 Å². The number of thiophene rings is 2. The number of amides is 3. The molecule has 0 unspecified atom stereocenters. The first kappa shape index (κ1) is 49.5. The van der Waals surface area contributed by atoms with Crippen LogP contribution in [0.4, 0.5) is 4.39 Å². The monoisotopic (exact) mass is 978 g/mol. The number of nitrogens with one attached hydrogen (secondary N) is 2. The van der Waals surface area contributed by atoms with Gasteiger partial charge in [0.25, 0.3) is 0 Å². The minimum Gasteiger partial charge on any atom is -0.508 e. The molecule has 2 fully saturated rings. The fourth-order valence-electron chi connectivity index (χ4n) is 8.62. The van der Waals surface area contributed by atoms with E-state index in [1.807, 2.05) is 75.4 Å². The minimum atomic E-state index is -0.959. The third-order valence-corrected chi connectivity index (χ3v) is 14.6. The first-order chi connectivity index (χ1) is 33.2. The topological polar surface area (TPSA) is 159 Å². The Morgan fingerprint density at radius 3 is 2.33 bits per heavy atom. The number of hydrogen-bond acceptors (Lipinski definition) is 12. The molecule has 6 aromatic rings. The van der Waals surface area contributed by atoms with Crippen LogP contribution in [0.5, 0.6) is 23.0 Å². The van der Waals surface area contributed by atoms with E-state index in [1.54, 1.807) is 35.6 Å². The lowest BCUT2D eigenvalue weighted by molar-refractivity contribution is -0.144. The van der Waals surface area contributed by atoms with Crippen LogP contribution in [0.2, 0.25) is 0 Å². The molecule has 4 heterocycles. The van der Waals surface area contributed by atoms with E-state index in [0.29, 0.717) is 37.0 Å². The van der Waals surface area contributed by atoms with E-state index < -0.39 is 35.4 Å². The average molecular weight is 979 g/mol. The molecule has 4 aromatic carbocycles. The second-order valence-electron chi connectivity index (χ2n) is 18.6. The summed E-state index contributed by atoms with van der Waals surface area (Å²) in [5.74, 6) is 0.525. The lowest BCUT2D eigenvalue weighted by Crippen LogP contribution is -2.58. The van der Waals surface area contributed by atoms with Crippen LogP contribution < -0.4 is 20.1 Å². The SMILES string of the molecule is Cc1ccsc1-c1ccc(CNC(=O)[C@@H]2C[C@@H](O)CN2C(=O)[C@@H](NC(=O)COCCO[C@@H]2CCN(CCOc3ccc(Oc4c(-c5ccc(F)cc5)sc5cc(O)ccc45)cc3)C2)C(C)(C)C)cc1. The van der Waals surface area contributed by atoms with E-state index in [-0.39, 0.29) is 56.3 Å². The number of aliphatic hydroxyl groups is 1. The summed E-state index contributed by atoms with van der Waals surface area (Å²) in [5, 5.41) is 29.3. The molecule has 4 atom stereocenters. The molecule has 8 rings (SSSR count). The lowest BCUT2D eigenvalue weighted by Gasteiger charge is -2.35. The number of likely N-dealkylation sites (tertiary alicyclic amines) is 2. The van der Waals surface area contributed by atoms with Crippen molar-refractivity contribution in [2.24, 2.45) is 5.41 Å². The van der Waals surface area contributed by atoms with Gasteiger partial charge in [0.1, 0.15) is 48.4 Å². The number of benzene rings is 4. The number of aliphatic hydroxyl groups excluding tert-OH is 1. The van der Waals surface area contributed by atoms with E-state index in [1.165, 1.54) is 38.8 Å². The van der Waals surface area contributed by atoms with E-state index >= 15 is 0 Å². The second kappa shape index (κ2) is 22.3. The summed E-state index contributed by atoms with van der Waals surface area (Å²) in [7, 11) is 0. The fraction of sp³-hybridized carbons (Fsp3) is 0.377. The number of nitrogens with zero attached hydrogens (tertiary/aromatic N) is 2. The molecule has 2 aliphatic heterocycles. The number of phenolic OH excluding ortho intramolecular Hbond substituents is 1. The van der Waals surface area contributed by atoms with Gasteiger partial charge < -0.3 is 44.7 Å². The number of rotatable bonds is 19. The molecule has 0 bridgehead atoms. The van der Waals surface area contributed by atoms with E-state index in [4.69, 9.17) is 18.9 Å². The minimum absolute atomic E-state index is 0.00978. The number of aromatic hydroxyl groups is 1. The van der Waals surface area contributed by atoms with E-state index in [2.05, 4.69) is 33.9 Å². The molecule has 2 saturated heterocycles. The van der Waals surface area contributed by atoms with Crippen molar-refractivity contribution in [3.05, 3.63) is 119 Å². The van der Waals surface area contributed by atoms with Crippen molar-refractivity contribution < 1.29 is 47.9 Å². The van der Waals surface area contributed by atoms with Crippen LogP contribution in [0, 0.1) is 18.2 Å². The molecule has 16 heteroatoms.